The van der Waals surface area contributed by atoms with Crippen LogP contribution in [-0.4, -0.2) is 60.4 Å². The van der Waals surface area contributed by atoms with E-state index in [0.29, 0.717) is 35.3 Å². The summed E-state index contributed by atoms with van der Waals surface area (Å²) >= 11 is 0. The summed E-state index contributed by atoms with van der Waals surface area (Å²) in [7, 11) is 1.59. The van der Waals surface area contributed by atoms with Gasteiger partial charge in [-0.3, -0.25) is 14.6 Å². The lowest BCUT2D eigenvalue weighted by Crippen LogP contribution is -2.52. The Morgan fingerprint density at radius 1 is 1.38 bits per heavy atom. The van der Waals surface area contributed by atoms with Crippen LogP contribution in [0.2, 0.25) is 0 Å². The zero-order chi connectivity index (χ0) is 24.1. The van der Waals surface area contributed by atoms with E-state index in [2.05, 4.69) is 31.6 Å². The van der Waals surface area contributed by atoms with Gasteiger partial charge in [-0.15, -0.1) is 10.2 Å². The number of aryl methyl sites for hydroxylation is 1. The molecule has 0 saturated carbocycles. The van der Waals surface area contributed by atoms with E-state index in [4.69, 9.17) is 14.9 Å². The second-order valence-corrected chi connectivity index (χ2v) is 7.81. The number of aromatic nitrogens is 2. The van der Waals surface area contributed by atoms with E-state index in [1.807, 2.05) is 12.2 Å². The quantitative estimate of drug-likeness (QED) is 0.505. The minimum atomic E-state index is -0.955. The number of amidine groups is 1. The van der Waals surface area contributed by atoms with Crippen LogP contribution in [0.15, 0.2) is 56.4 Å². The number of ether oxygens (including phenoxy) is 1. The van der Waals surface area contributed by atoms with Gasteiger partial charge in [0.05, 0.1) is 12.2 Å². The summed E-state index contributed by atoms with van der Waals surface area (Å²) in [5.41, 5.74) is 8.10. The third-order valence-corrected chi connectivity index (χ3v) is 5.34. The maximum absolute atomic E-state index is 13.0. The first-order valence-electron chi connectivity index (χ1n) is 10.7. The van der Waals surface area contributed by atoms with Crippen molar-refractivity contribution in [2.75, 3.05) is 25.1 Å². The summed E-state index contributed by atoms with van der Waals surface area (Å²) in [5.74, 6) is -0.113. The summed E-state index contributed by atoms with van der Waals surface area (Å²) in [6.07, 6.45) is 9.29. The summed E-state index contributed by atoms with van der Waals surface area (Å²) < 4.78 is 11.2. The van der Waals surface area contributed by atoms with Crippen LogP contribution in [0, 0.1) is 6.92 Å². The lowest BCUT2D eigenvalue weighted by molar-refractivity contribution is -0.124. The molecule has 0 bridgehead atoms. The van der Waals surface area contributed by atoms with E-state index < -0.39 is 11.9 Å². The zero-order valence-corrected chi connectivity index (χ0v) is 18.9. The van der Waals surface area contributed by atoms with Crippen molar-refractivity contribution in [2.24, 2.45) is 15.7 Å². The highest BCUT2D eigenvalue weighted by molar-refractivity contribution is 6.38. The first kappa shape index (κ1) is 22.9. The molecule has 0 radical (unpaired) electrons. The fourth-order valence-corrected chi connectivity index (χ4v) is 3.48. The van der Waals surface area contributed by atoms with Gasteiger partial charge in [0.2, 0.25) is 11.8 Å². The molecule has 1 aromatic carbocycles. The van der Waals surface area contributed by atoms with E-state index in [0.717, 1.165) is 12.8 Å². The molecule has 11 heteroatoms. The number of hydrogen-bond acceptors (Lipinski definition) is 7. The molecule has 1 atom stereocenters. The van der Waals surface area contributed by atoms with Crippen LogP contribution < -0.4 is 20.7 Å². The van der Waals surface area contributed by atoms with Crippen LogP contribution in [0.1, 0.15) is 18.7 Å². The Morgan fingerprint density at radius 3 is 2.97 bits per heavy atom. The van der Waals surface area contributed by atoms with Gasteiger partial charge in [-0.05, 0) is 36.6 Å². The fourth-order valence-electron chi connectivity index (χ4n) is 3.48. The van der Waals surface area contributed by atoms with Crippen molar-refractivity contribution in [1.29, 1.82) is 0 Å². The number of aliphatic imine (C=N–C) groups is 2. The van der Waals surface area contributed by atoms with Crippen LogP contribution in [-0.2, 0) is 9.59 Å². The van der Waals surface area contributed by atoms with Crippen molar-refractivity contribution in [3.63, 3.8) is 0 Å². The summed E-state index contributed by atoms with van der Waals surface area (Å²) in [6, 6.07) is 4.23. The molecular formula is C23H25N7O4. The number of amides is 2. The van der Waals surface area contributed by atoms with Crippen molar-refractivity contribution in [3.05, 3.63) is 47.9 Å². The number of rotatable bonds is 5. The monoisotopic (exact) mass is 463 g/mol. The van der Waals surface area contributed by atoms with Gasteiger partial charge in [0.25, 0.3) is 11.8 Å². The van der Waals surface area contributed by atoms with Gasteiger partial charge in [-0.1, -0.05) is 18.2 Å². The fraction of sp³-hybridized carbons (Fsp3) is 0.304. The van der Waals surface area contributed by atoms with Crippen LogP contribution in [0.25, 0.3) is 11.5 Å². The zero-order valence-electron chi connectivity index (χ0n) is 18.9. The standard InChI is InChI=1S/C23H25N7O4/c1-14-28-29-22(34-14)16-8-9-19-18(10-16)30(2)23(32)17(12-33-19)27-21(31)20(24)26-13-25-11-15-6-4-3-5-7-15/h3-4,6,8-10,13,17H,5,7,11-12H2,1-2H3,(H,27,31)(H2,24,25,26)/t17-/m0/s1. The van der Waals surface area contributed by atoms with Gasteiger partial charge in [-0.25, -0.2) is 4.99 Å². The van der Waals surface area contributed by atoms with Crippen LogP contribution in [0.4, 0.5) is 5.69 Å². The van der Waals surface area contributed by atoms with E-state index in [1.165, 1.54) is 16.8 Å². The van der Waals surface area contributed by atoms with Gasteiger partial charge < -0.3 is 25.1 Å². The molecule has 1 aliphatic carbocycles. The number of fused-ring (bicyclic) bond motifs is 1. The van der Waals surface area contributed by atoms with E-state index in [9.17, 15) is 9.59 Å². The summed E-state index contributed by atoms with van der Waals surface area (Å²) in [5, 5.41) is 10.4. The average Bonchev–Trinajstić information content (AvgIpc) is 3.25. The van der Waals surface area contributed by atoms with Gasteiger partial charge in [0, 0.05) is 19.5 Å². The van der Waals surface area contributed by atoms with Crippen LogP contribution >= 0.6 is 0 Å². The van der Waals surface area contributed by atoms with Gasteiger partial charge in [0.15, 0.2) is 5.84 Å². The highest BCUT2D eigenvalue weighted by Crippen LogP contribution is 2.34. The van der Waals surface area contributed by atoms with Crippen molar-refractivity contribution in [1.82, 2.24) is 15.5 Å². The molecule has 2 amide bonds. The minimum Gasteiger partial charge on any atom is -0.489 e. The number of nitrogens with two attached hydrogens (primary N) is 1. The Labute approximate surface area is 196 Å². The average molecular weight is 463 g/mol. The highest BCUT2D eigenvalue weighted by atomic mass is 16.5. The minimum absolute atomic E-state index is 0.0655. The van der Waals surface area contributed by atoms with Gasteiger partial charge in [-0.2, -0.15) is 0 Å². The number of anilines is 1. The van der Waals surface area contributed by atoms with Gasteiger partial charge in [0.1, 0.15) is 24.7 Å². The third-order valence-electron chi connectivity index (χ3n) is 5.34. The smallest absolute Gasteiger partial charge is 0.287 e. The second kappa shape index (κ2) is 10.1. The molecule has 2 aliphatic rings. The number of nitrogens with one attached hydrogen (secondary N) is 1. The molecule has 0 spiro atoms. The predicted molar refractivity (Wildman–Crippen MR) is 127 cm³/mol. The number of likely N-dealkylation sites (N-methyl/N-ethyl adjacent to an activating group) is 1. The molecule has 0 saturated heterocycles. The lowest BCUT2D eigenvalue weighted by atomic mass is 10.1. The Hall–Kier alpha value is -4.28. The Morgan fingerprint density at radius 2 is 2.24 bits per heavy atom. The molecule has 34 heavy (non-hydrogen) atoms. The molecule has 0 unspecified atom stereocenters. The van der Waals surface area contributed by atoms with Crippen molar-refractivity contribution < 1.29 is 18.7 Å². The number of hydrogen-bond donors (Lipinski definition) is 2. The number of carbonyl (C=O) groups is 2. The number of carbonyl (C=O) groups excluding carboxylic acids is 2. The normalized spacial score (nSPS) is 18.4. The maximum Gasteiger partial charge on any atom is 0.287 e. The van der Waals surface area contributed by atoms with E-state index in [1.54, 1.807) is 32.2 Å². The second-order valence-electron chi connectivity index (χ2n) is 7.81. The molecule has 176 valence electrons. The lowest BCUT2D eigenvalue weighted by Gasteiger charge is -2.20. The molecule has 3 N–H and O–H groups in total. The molecule has 0 fully saturated rings. The van der Waals surface area contributed by atoms with E-state index >= 15 is 0 Å². The van der Waals surface area contributed by atoms with Crippen molar-refractivity contribution >= 4 is 29.7 Å². The van der Waals surface area contributed by atoms with E-state index in [-0.39, 0.29) is 18.3 Å². The molecule has 2 aromatic rings. The number of nitrogens with zero attached hydrogens (tertiary/aromatic N) is 5. The molecule has 4 rings (SSSR count). The first-order chi connectivity index (χ1) is 16.4. The number of allylic oxidation sites excluding steroid dienone is 3. The third kappa shape index (κ3) is 5.20. The largest absolute Gasteiger partial charge is 0.489 e. The van der Waals surface area contributed by atoms with Crippen LogP contribution in [0.3, 0.4) is 0 Å². The Kier molecular flexibility index (Phi) is 6.81. The summed E-state index contributed by atoms with van der Waals surface area (Å²) in [6.45, 7) is 2.12. The first-order valence-corrected chi connectivity index (χ1v) is 10.7. The van der Waals surface area contributed by atoms with Crippen LogP contribution in [0.5, 0.6) is 5.75 Å². The predicted octanol–water partition coefficient (Wildman–Crippen LogP) is 1.55. The summed E-state index contributed by atoms with van der Waals surface area (Å²) in [4.78, 5) is 35.0. The SMILES string of the molecule is Cc1nnc(-c2ccc3c(c2)N(C)C(=O)[C@@H](NC(=O)C(N)=NC=NCC2=CC=CCC2)CO3)o1. The Bertz CT molecular complexity index is 1210. The number of benzene rings is 1. The molecule has 11 nitrogen and oxygen atoms in total. The Balaban J connectivity index is 1.40. The highest BCUT2D eigenvalue weighted by Gasteiger charge is 2.31. The topological polar surface area (TPSA) is 148 Å². The van der Waals surface area contributed by atoms with Crippen molar-refractivity contribution in [3.8, 4) is 17.2 Å². The molecular weight excluding hydrogens is 438 g/mol. The maximum atomic E-state index is 13.0. The van der Waals surface area contributed by atoms with Crippen molar-refractivity contribution in [2.45, 2.75) is 25.8 Å². The molecule has 1 aliphatic heterocycles. The molecule has 1 aromatic heterocycles. The molecule has 2 heterocycles. The van der Waals surface area contributed by atoms with Gasteiger partial charge >= 0.3 is 0 Å².